The minimum atomic E-state index is 0.123. The van der Waals surface area contributed by atoms with E-state index in [0.717, 1.165) is 37.7 Å². The Bertz CT molecular complexity index is 368. The SMILES string of the molecule is NC1=C2NCCNC2N2NC3NCCNC3N12. The summed E-state index contributed by atoms with van der Waals surface area (Å²) in [5, 5.41) is 17.9. The first-order chi connectivity index (χ1) is 8.36. The minimum absolute atomic E-state index is 0.123. The molecule has 4 aliphatic heterocycles. The van der Waals surface area contributed by atoms with Crippen molar-refractivity contribution in [3.63, 3.8) is 0 Å². The van der Waals surface area contributed by atoms with Crippen LogP contribution in [0.3, 0.4) is 0 Å². The van der Waals surface area contributed by atoms with Crippen molar-refractivity contribution in [3.8, 4) is 0 Å². The van der Waals surface area contributed by atoms with E-state index in [9.17, 15) is 0 Å². The lowest BCUT2D eigenvalue weighted by Gasteiger charge is -2.32. The number of nitrogens with two attached hydrogens (primary N) is 1. The molecule has 3 unspecified atom stereocenters. The molecule has 8 heteroatoms. The Kier molecular flexibility index (Phi) is 2.02. The fraction of sp³-hybridized carbons (Fsp3) is 0.778. The average molecular weight is 238 g/mol. The van der Waals surface area contributed by atoms with Crippen LogP contribution in [0.15, 0.2) is 11.5 Å². The van der Waals surface area contributed by atoms with E-state index in [-0.39, 0.29) is 18.5 Å². The first kappa shape index (κ1) is 9.92. The lowest BCUT2D eigenvalue weighted by Crippen LogP contribution is -2.61. The molecule has 94 valence electrons. The van der Waals surface area contributed by atoms with Crippen LogP contribution in [0.25, 0.3) is 0 Å². The van der Waals surface area contributed by atoms with E-state index in [1.807, 2.05) is 0 Å². The Morgan fingerprint density at radius 2 is 1.88 bits per heavy atom. The number of fused-ring (bicyclic) bond motifs is 5. The lowest BCUT2D eigenvalue weighted by molar-refractivity contribution is -0.0243. The van der Waals surface area contributed by atoms with Gasteiger partial charge in [0, 0.05) is 26.2 Å². The molecule has 0 saturated carbocycles. The maximum Gasteiger partial charge on any atom is 0.139 e. The summed E-state index contributed by atoms with van der Waals surface area (Å²) in [4.78, 5) is 0. The molecule has 4 rings (SSSR count). The summed E-state index contributed by atoms with van der Waals surface area (Å²) in [5.74, 6) is 0.804. The monoisotopic (exact) mass is 238 g/mol. The molecule has 8 nitrogen and oxygen atoms in total. The van der Waals surface area contributed by atoms with Crippen molar-refractivity contribution in [2.24, 2.45) is 5.73 Å². The van der Waals surface area contributed by atoms with E-state index in [1.54, 1.807) is 0 Å². The number of hydrogen-bond donors (Lipinski definition) is 6. The normalized spacial score (nSPS) is 40.9. The third-order valence-corrected chi connectivity index (χ3v) is 3.74. The van der Waals surface area contributed by atoms with Crippen LogP contribution in [0, 0.1) is 0 Å². The third-order valence-electron chi connectivity index (χ3n) is 3.74. The summed E-state index contributed by atoms with van der Waals surface area (Å²) in [6, 6.07) is 0. The number of hydrazine groups is 2. The molecule has 0 radical (unpaired) electrons. The molecule has 7 N–H and O–H groups in total. The maximum absolute atomic E-state index is 6.24. The van der Waals surface area contributed by atoms with E-state index in [2.05, 4.69) is 36.8 Å². The molecular weight excluding hydrogens is 220 g/mol. The fourth-order valence-corrected chi connectivity index (χ4v) is 2.99. The summed E-state index contributed by atoms with van der Waals surface area (Å²) in [6.07, 6.45) is 0.524. The Balaban J connectivity index is 1.68. The second kappa shape index (κ2) is 3.47. The second-order valence-corrected chi connectivity index (χ2v) is 4.73. The number of nitrogens with zero attached hydrogens (tertiary/aromatic N) is 2. The molecule has 0 amide bonds. The average Bonchev–Trinajstić information content (AvgIpc) is 2.88. The van der Waals surface area contributed by atoms with Gasteiger partial charge in [0.1, 0.15) is 24.3 Å². The highest BCUT2D eigenvalue weighted by Gasteiger charge is 2.51. The molecule has 17 heavy (non-hydrogen) atoms. The van der Waals surface area contributed by atoms with E-state index < -0.39 is 0 Å². The number of hydrogen-bond acceptors (Lipinski definition) is 8. The largest absolute Gasteiger partial charge is 0.383 e. The van der Waals surface area contributed by atoms with Crippen molar-refractivity contribution in [2.75, 3.05) is 26.2 Å². The zero-order chi connectivity index (χ0) is 11.4. The van der Waals surface area contributed by atoms with Crippen molar-refractivity contribution in [1.82, 2.24) is 36.8 Å². The molecule has 4 aliphatic rings. The van der Waals surface area contributed by atoms with Gasteiger partial charge in [-0.05, 0) is 0 Å². The van der Waals surface area contributed by atoms with Crippen LogP contribution in [0.5, 0.6) is 0 Å². The topological polar surface area (TPSA) is 92.6 Å². The predicted molar refractivity (Wildman–Crippen MR) is 61.4 cm³/mol. The van der Waals surface area contributed by atoms with Gasteiger partial charge in [0.2, 0.25) is 0 Å². The van der Waals surface area contributed by atoms with Crippen molar-refractivity contribution < 1.29 is 0 Å². The highest BCUT2D eigenvalue weighted by atomic mass is 15.9. The maximum atomic E-state index is 6.24. The number of rotatable bonds is 0. The van der Waals surface area contributed by atoms with Gasteiger partial charge >= 0.3 is 0 Å². The molecule has 4 heterocycles. The van der Waals surface area contributed by atoms with Gasteiger partial charge < -0.3 is 11.1 Å². The number of piperazine rings is 2. The zero-order valence-corrected chi connectivity index (χ0v) is 9.53. The van der Waals surface area contributed by atoms with Gasteiger partial charge in [0.25, 0.3) is 0 Å². The summed E-state index contributed by atoms with van der Waals surface area (Å²) in [7, 11) is 0. The van der Waals surface area contributed by atoms with Gasteiger partial charge in [-0.1, -0.05) is 0 Å². The van der Waals surface area contributed by atoms with E-state index in [0.29, 0.717) is 0 Å². The van der Waals surface area contributed by atoms with Crippen LogP contribution in [0.4, 0.5) is 0 Å². The standard InChI is InChI=1S/C9H18N8/c10-6-5-8(13-3-1-11-5)17-15-7-9(16(6)17)14-4-2-12-7/h7-9,11-15H,1-4,10H2. The van der Waals surface area contributed by atoms with Crippen molar-refractivity contribution >= 4 is 0 Å². The fourth-order valence-electron chi connectivity index (χ4n) is 2.99. The molecule has 0 spiro atoms. The second-order valence-electron chi connectivity index (χ2n) is 4.73. The first-order valence-corrected chi connectivity index (χ1v) is 6.14. The molecule has 0 bridgehead atoms. The van der Waals surface area contributed by atoms with Crippen LogP contribution in [0.2, 0.25) is 0 Å². The van der Waals surface area contributed by atoms with Gasteiger partial charge in [0.05, 0.1) is 5.70 Å². The highest BCUT2D eigenvalue weighted by Crippen LogP contribution is 2.30. The van der Waals surface area contributed by atoms with E-state index in [1.165, 1.54) is 0 Å². The van der Waals surface area contributed by atoms with Gasteiger partial charge in [-0.25, -0.2) is 5.43 Å². The van der Waals surface area contributed by atoms with Crippen molar-refractivity contribution in [1.29, 1.82) is 0 Å². The Morgan fingerprint density at radius 1 is 1.06 bits per heavy atom. The molecule has 0 aromatic rings. The van der Waals surface area contributed by atoms with Gasteiger partial charge in [-0.2, -0.15) is 0 Å². The number of nitrogens with one attached hydrogen (secondary N) is 5. The predicted octanol–water partition coefficient (Wildman–Crippen LogP) is -3.47. The van der Waals surface area contributed by atoms with Crippen LogP contribution < -0.4 is 32.4 Å². The summed E-state index contributed by atoms with van der Waals surface area (Å²) in [5.41, 5.74) is 10.8. The molecule has 3 fully saturated rings. The van der Waals surface area contributed by atoms with Gasteiger partial charge in [-0.15, -0.1) is 5.12 Å². The minimum Gasteiger partial charge on any atom is -0.383 e. The lowest BCUT2D eigenvalue weighted by atomic mass is 10.2. The van der Waals surface area contributed by atoms with Crippen LogP contribution in [-0.4, -0.2) is 54.8 Å². The van der Waals surface area contributed by atoms with Crippen LogP contribution in [-0.2, 0) is 0 Å². The van der Waals surface area contributed by atoms with E-state index >= 15 is 0 Å². The molecule has 0 aromatic carbocycles. The van der Waals surface area contributed by atoms with Crippen LogP contribution in [0.1, 0.15) is 0 Å². The molecule has 0 aromatic heterocycles. The van der Waals surface area contributed by atoms with Crippen molar-refractivity contribution in [3.05, 3.63) is 11.5 Å². The summed E-state index contributed by atoms with van der Waals surface area (Å²) in [6.45, 7) is 3.81. The van der Waals surface area contributed by atoms with E-state index in [4.69, 9.17) is 5.73 Å². The van der Waals surface area contributed by atoms with Gasteiger partial charge in [-0.3, -0.25) is 21.0 Å². The van der Waals surface area contributed by atoms with Crippen LogP contribution >= 0.6 is 0 Å². The zero-order valence-electron chi connectivity index (χ0n) is 9.53. The molecule has 3 atom stereocenters. The quantitative estimate of drug-likeness (QED) is 0.259. The first-order valence-electron chi connectivity index (χ1n) is 6.14. The summed E-state index contributed by atoms with van der Waals surface area (Å²) < 4.78 is 0. The Morgan fingerprint density at radius 3 is 2.82 bits per heavy atom. The summed E-state index contributed by atoms with van der Waals surface area (Å²) >= 11 is 0. The molecule has 3 saturated heterocycles. The van der Waals surface area contributed by atoms with Crippen molar-refractivity contribution in [2.45, 2.75) is 18.5 Å². The molecule has 0 aliphatic carbocycles. The Hall–Kier alpha value is -1.06. The Labute approximate surface area is 99.5 Å². The van der Waals surface area contributed by atoms with Gasteiger partial charge in [0.15, 0.2) is 0 Å². The molecular formula is C9H18N8. The smallest absolute Gasteiger partial charge is 0.139 e. The third kappa shape index (κ3) is 1.24. The highest BCUT2D eigenvalue weighted by molar-refractivity contribution is 5.24.